The lowest BCUT2D eigenvalue weighted by atomic mass is 10.0. The standard InChI is InChI=1S/C23H33N3O2/c1-2-27-18-14-23(12-13-23)19-26-22(25-16-11-21-9-6-17-28-21)24-15-10-20-7-4-3-5-8-20/h3-9,17H,2,10-16,18-19H2,1H3,(H2,24,25,26). The Labute approximate surface area is 168 Å². The van der Waals surface area contributed by atoms with Gasteiger partial charge in [-0.3, -0.25) is 4.99 Å². The summed E-state index contributed by atoms with van der Waals surface area (Å²) >= 11 is 0. The van der Waals surface area contributed by atoms with Gasteiger partial charge in [0.05, 0.1) is 6.26 Å². The molecule has 0 saturated heterocycles. The Bertz CT molecular complexity index is 694. The number of furan rings is 1. The van der Waals surface area contributed by atoms with Crippen LogP contribution in [-0.2, 0) is 17.6 Å². The van der Waals surface area contributed by atoms with Gasteiger partial charge in [-0.1, -0.05) is 30.3 Å². The van der Waals surface area contributed by atoms with E-state index in [0.29, 0.717) is 5.41 Å². The van der Waals surface area contributed by atoms with Gasteiger partial charge in [-0.25, -0.2) is 0 Å². The van der Waals surface area contributed by atoms with E-state index < -0.39 is 0 Å². The van der Waals surface area contributed by atoms with E-state index in [1.165, 1.54) is 18.4 Å². The second kappa shape index (κ2) is 10.9. The van der Waals surface area contributed by atoms with Gasteiger partial charge in [-0.15, -0.1) is 0 Å². The highest BCUT2D eigenvalue weighted by Gasteiger charge is 2.41. The molecule has 1 saturated carbocycles. The largest absolute Gasteiger partial charge is 0.469 e. The molecule has 152 valence electrons. The topological polar surface area (TPSA) is 58.8 Å². The number of guanidine groups is 1. The smallest absolute Gasteiger partial charge is 0.191 e. The number of benzene rings is 1. The molecule has 1 aromatic carbocycles. The summed E-state index contributed by atoms with van der Waals surface area (Å²) in [4.78, 5) is 4.89. The van der Waals surface area contributed by atoms with Crippen LogP contribution in [0.25, 0.3) is 0 Å². The Kier molecular flexibility index (Phi) is 7.97. The Morgan fingerprint density at radius 1 is 1.07 bits per heavy atom. The van der Waals surface area contributed by atoms with Crippen molar-refractivity contribution >= 4 is 5.96 Å². The van der Waals surface area contributed by atoms with Crippen molar-refractivity contribution in [2.45, 2.75) is 39.0 Å². The molecule has 5 nitrogen and oxygen atoms in total. The number of ether oxygens (including phenoxy) is 1. The molecule has 0 unspecified atom stereocenters. The zero-order chi connectivity index (χ0) is 19.5. The third-order valence-electron chi connectivity index (χ3n) is 5.30. The lowest BCUT2D eigenvalue weighted by Crippen LogP contribution is -2.40. The number of nitrogens with zero attached hydrogens (tertiary/aromatic N) is 1. The zero-order valence-corrected chi connectivity index (χ0v) is 17.0. The molecule has 1 aromatic heterocycles. The summed E-state index contributed by atoms with van der Waals surface area (Å²) in [7, 11) is 0. The molecule has 2 N–H and O–H groups in total. The van der Waals surface area contributed by atoms with Crippen molar-refractivity contribution in [1.82, 2.24) is 10.6 Å². The maximum atomic E-state index is 5.55. The van der Waals surface area contributed by atoms with Gasteiger partial charge in [-0.2, -0.15) is 0 Å². The van der Waals surface area contributed by atoms with Crippen molar-refractivity contribution in [3.63, 3.8) is 0 Å². The van der Waals surface area contributed by atoms with Gasteiger partial charge in [0.15, 0.2) is 5.96 Å². The number of hydrogen-bond acceptors (Lipinski definition) is 3. The van der Waals surface area contributed by atoms with Crippen LogP contribution in [0.1, 0.15) is 37.5 Å². The molecule has 5 heteroatoms. The van der Waals surface area contributed by atoms with Crippen molar-refractivity contribution in [1.29, 1.82) is 0 Å². The molecular weight excluding hydrogens is 350 g/mol. The molecule has 1 fully saturated rings. The minimum atomic E-state index is 0.351. The van der Waals surface area contributed by atoms with Gasteiger partial charge in [-0.05, 0) is 55.7 Å². The van der Waals surface area contributed by atoms with Crippen LogP contribution in [0, 0.1) is 5.41 Å². The molecule has 0 bridgehead atoms. The van der Waals surface area contributed by atoms with Gasteiger partial charge in [0.2, 0.25) is 0 Å². The molecule has 0 aliphatic heterocycles. The summed E-state index contributed by atoms with van der Waals surface area (Å²) in [6.45, 7) is 6.21. The summed E-state index contributed by atoms with van der Waals surface area (Å²) in [6.07, 6.45) is 7.17. The van der Waals surface area contributed by atoms with Crippen LogP contribution in [0.4, 0.5) is 0 Å². The Morgan fingerprint density at radius 2 is 1.86 bits per heavy atom. The summed E-state index contributed by atoms with van der Waals surface area (Å²) in [5.41, 5.74) is 1.69. The van der Waals surface area contributed by atoms with E-state index in [4.69, 9.17) is 14.1 Å². The van der Waals surface area contributed by atoms with Gasteiger partial charge < -0.3 is 19.8 Å². The predicted molar refractivity (Wildman–Crippen MR) is 114 cm³/mol. The van der Waals surface area contributed by atoms with Crippen LogP contribution in [0.2, 0.25) is 0 Å². The van der Waals surface area contributed by atoms with Crippen LogP contribution in [0.15, 0.2) is 58.1 Å². The Morgan fingerprint density at radius 3 is 2.54 bits per heavy atom. The molecule has 0 amide bonds. The van der Waals surface area contributed by atoms with Crippen molar-refractivity contribution in [2.24, 2.45) is 10.4 Å². The monoisotopic (exact) mass is 383 g/mol. The second-order valence-corrected chi connectivity index (χ2v) is 7.53. The van der Waals surface area contributed by atoms with Gasteiger partial charge in [0, 0.05) is 39.3 Å². The van der Waals surface area contributed by atoms with E-state index in [-0.39, 0.29) is 0 Å². The maximum Gasteiger partial charge on any atom is 0.191 e. The fourth-order valence-corrected chi connectivity index (χ4v) is 3.25. The van der Waals surface area contributed by atoms with Crippen LogP contribution in [0.3, 0.4) is 0 Å². The van der Waals surface area contributed by atoms with Crippen LogP contribution in [-0.4, -0.2) is 38.8 Å². The van der Waals surface area contributed by atoms with E-state index >= 15 is 0 Å². The van der Waals surface area contributed by atoms with Crippen molar-refractivity contribution in [3.8, 4) is 0 Å². The third kappa shape index (κ3) is 7.04. The molecule has 1 heterocycles. The summed E-state index contributed by atoms with van der Waals surface area (Å²) in [5.74, 6) is 1.89. The number of rotatable bonds is 12. The molecule has 28 heavy (non-hydrogen) atoms. The number of hydrogen-bond donors (Lipinski definition) is 2. The van der Waals surface area contributed by atoms with Crippen molar-refractivity contribution in [2.75, 3.05) is 32.8 Å². The average Bonchev–Trinajstić information content (AvgIpc) is 3.29. The number of nitrogens with one attached hydrogen (secondary N) is 2. The summed E-state index contributed by atoms with van der Waals surface area (Å²) in [6, 6.07) is 14.5. The Balaban J connectivity index is 1.49. The molecule has 1 aliphatic rings. The SMILES string of the molecule is CCOCCC1(CN=C(NCCc2ccccc2)NCCc2ccco2)CC1. The number of aliphatic imine (C=N–C) groups is 1. The highest BCUT2D eigenvalue weighted by Crippen LogP contribution is 2.48. The van der Waals surface area contributed by atoms with E-state index in [1.54, 1.807) is 6.26 Å². The predicted octanol–water partition coefficient (Wildman–Crippen LogP) is 3.81. The Hall–Kier alpha value is -2.27. The molecule has 3 rings (SSSR count). The first-order valence-electron chi connectivity index (χ1n) is 10.5. The minimum Gasteiger partial charge on any atom is -0.469 e. The molecular formula is C23H33N3O2. The van der Waals surface area contributed by atoms with Crippen LogP contribution >= 0.6 is 0 Å². The molecule has 2 aromatic rings. The van der Waals surface area contributed by atoms with Crippen molar-refractivity contribution < 1.29 is 9.15 Å². The maximum absolute atomic E-state index is 5.55. The molecule has 0 radical (unpaired) electrons. The normalized spacial score (nSPS) is 15.4. The first-order valence-corrected chi connectivity index (χ1v) is 10.5. The first kappa shape index (κ1) is 20.5. The molecule has 0 spiro atoms. The fourth-order valence-electron chi connectivity index (χ4n) is 3.25. The highest BCUT2D eigenvalue weighted by molar-refractivity contribution is 5.79. The van der Waals surface area contributed by atoms with Gasteiger partial charge in [0.25, 0.3) is 0 Å². The lowest BCUT2D eigenvalue weighted by Gasteiger charge is -2.16. The third-order valence-corrected chi connectivity index (χ3v) is 5.30. The molecule has 0 atom stereocenters. The second-order valence-electron chi connectivity index (χ2n) is 7.53. The zero-order valence-electron chi connectivity index (χ0n) is 17.0. The summed E-state index contributed by atoms with van der Waals surface area (Å²) < 4.78 is 11.0. The fraction of sp³-hybridized carbons (Fsp3) is 0.522. The van der Waals surface area contributed by atoms with Gasteiger partial charge in [0.1, 0.15) is 5.76 Å². The summed E-state index contributed by atoms with van der Waals surface area (Å²) in [5, 5.41) is 6.95. The minimum absolute atomic E-state index is 0.351. The lowest BCUT2D eigenvalue weighted by molar-refractivity contribution is 0.129. The quantitative estimate of drug-likeness (QED) is 0.332. The molecule has 1 aliphatic carbocycles. The average molecular weight is 384 g/mol. The van der Waals surface area contributed by atoms with Crippen LogP contribution < -0.4 is 10.6 Å². The van der Waals surface area contributed by atoms with E-state index in [9.17, 15) is 0 Å². The van der Waals surface area contributed by atoms with Crippen LogP contribution in [0.5, 0.6) is 0 Å². The van der Waals surface area contributed by atoms with E-state index in [0.717, 1.165) is 63.8 Å². The first-order chi connectivity index (χ1) is 13.8. The van der Waals surface area contributed by atoms with E-state index in [1.807, 2.05) is 12.1 Å². The van der Waals surface area contributed by atoms with Crippen molar-refractivity contribution in [3.05, 3.63) is 60.1 Å². The van der Waals surface area contributed by atoms with E-state index in [2.05, 4.69) is 47.9 Å². The highest BCUT2D eigenvalue weighted by atomic mass is 16.5. The van der Waals surface area contributed by atoms with Gasteiger partial charge >= 0.3 is 0 Å².